The van der Waals surface area contributed by atoms with Crippen LogP contribution in [0.25, 0.3) is 0 Å². The van der Waals surface area contributed by atoms with Crippen molar-refractivity contribution in [2.24, 2.45) is 0 Å². The van der Waals surface area contributed by atoms with Crippen LogP contribution in [0.15, 0.2) is 71.6 Å². The third-order valence-corrected chi connectivity index (χ3v) is 5.80. The minimum atomic E-state index is -3.50. The van der Waals surface area contributed by atoms with E-state index in [0.29, 0.717) is 22.7 Å². The number of methoxy groups -OCH3 is 1. The van der Waals surface area contributed by atoms with E-state index in [0.717, 1.165) is 5.69 Å². The zero-order valence-corrected chi connectivity index (χ0v) is 16.4. The normalized spacial score (nSPS) is 11.1. The molecule has 1 aromatic heterocycles. The van der Waals surface area contributed by atoms with Crippen molar-refractivity contribution in [2.45, 2.75) is 17.6 Å². The van der Waals surface area contributed by atoms with E-state index in [2.05, 4.69) is 10.3 Å². The highest BCUT2D eigenvalue weighted by Gasteiger charge is 2.17. The number of anilines is 1. The number of rotatable bonds is 6. The van der Waals surface area contributed by atoms with Gasteiger partial charge < -0.3 is 10.1 Å². The second-order valence-corrected chi connectivity index (χ2v) is 8.22. The molecular formula is C21H20N2O4S. The summed E-state index contributed by atoms with van der Waals surface area (Å²) in [6.45, 7) is 1.81. The Balaban J connectivity index is 1.82. The van der Waals surface area contributed by atoms with Crippen LogP contribution in [0.3, 0.4) is 0 Å². The lowest BCUT2D eigenvalue weighted by Crippen LogP contribution is -2.15. The summed E-state index contributed by atoms with van der Waals surface area (Å²) in [7, 11) is -2.00. The molecule has 0 saturated heterocycles. The maximum absolute atomic E-state index is 12.6. The Hall–Kier alpha value is -3.19. The molecule has 0 unspecified atom stereocenters. The Morgan fingerprint density at radius 2 is 1.79 bits per heavy atom. The molecule has 1 amide bonds. The van der Waals surface area contributed by atoms with E-state index in [9.17, 15) is 13.2 Å². The highest BCUT2D eigenvalue weighted by molar-refractivity contribution is 7.90. The molecule has 0 saturated carbocycles. The highest BCUT2D eigenvalue weighted by Crippen LogP contribution is 2.23. The van der Waals surface area contributed by atoms with Gasteiger partial charge >= 0.3 is 0 Å². The molecule has 0 spiro atoms. The van der Waals surface area contributed by atoms with E-state index in [1.54, 1.807) is 66.7 Å². The number of carbonyl (C=O) groups excluding carboxylic acids is 1. The SMILES string of the molecule is COc1ccc(C)nc1NC(=O)c1cccc(CS(=O)(=O)c2ccccc2)c1. The maximum atomic E-state index is 12.6. The third-order valence-electron chi connectivity index (χ3n) is 4.10. The number of nitrogens with zero attached hydrogens (tertiary/aromatic N) is 1. The van der Waals surface area contributed by atoms with Crippen LogP contribution in [-0.4, -0.2) is 26.4 Å². The first-order valence-corrected chi connectivity index (χ1v) is 10.2. The van der Waals surface area contributed by atoms with E-state index in [1.807, 2.05) is 6.92 Å². The van der Waals surface area contributed by atoms with Crippen LogP contribution in [0.1, 0.15) is 21.6 Å². The molecule has 144 valence electrons. The van der Waals surface area contributed by atoms with Crippen molar-refractivity contribution in [3.8, 4) is 5.75 Å². The predicted octanol–water partition coefficient (Wildman–Crippen LogP) is 3.62. The fourth-order valence-corrected chi connectivity index (χ4v) is 4.07. The molecule has 1 heterocycles. The van der Waals surface area contributed by atoms with Crippen molar-refractivity contribution in [3.05, 3.63) is 83.6 Å². The van der Waals surface area contributed by atoms with E-state index >= 15 is 0 Å². The van der Waals surface area contributed by atoms with Crippen molar-refractivity contribution in [1.82, 2.24) is 4.98 Å². The minimum absolute atomic E-state index is 0.190. The van der Waals surface area contributed by atoms with Crippen LogP contribution in [0.4, 0.5) is 5.82 Å². The quantitative estimate of drug-likeness (QED) is 0.688. The number of pyridine rings is 1. The average Bonchev–Trinajstić information content (AvgIpc) is 2.69. The summed E-state index contributed by atoms with van der Waals surface area (Å²) < 4.78 is 30.4. The van der Waals surface area contributed by atoms with Crippen molar-refractivity contribution in [2.75, 3.05) is 12.4 Å². The van der Waals surface area contributed by atoms with Crippen LogP contribution in [0.2, 0.25) is 0 Å². The summed E-state index contributed by atoms with van der Waals surface area (Å²) in [5.41, 5.74) is 1.60. The molecule has 3 rings (SSSR count). The maximum Gasteiger partial charge on any atom is 0.256 e. The van der Waals surface area contributed by atoms with E-state index in [4.69, 9.17) is 4.74 Å². The first-order chi connectivity index (χ1) is 13.4. The number of ether oxygens (including phenoxy) is 1. The third kappa shape index (κ3) is 4.55. The van der Waals surface area contributed by atoms with Gasteiger partial charge in [0, 0.05) is 11.3 Å². The van der Waals surface area contributed by atoms with Gasteiger partial charge in [-0.15, -0.1) is 0 Å². The molecule has 0 fully saturated rings. The molecule has 6 nitrogen and oxygen atoms in total. The summed E-state index contributed by atoms with van der Waals surface area (Å²) in [4.78, 5) is 17.2. The first-order valence-electron chi connectivity index (χ1n) is 8.59. The molecule has 0 aliphatic heterocycles. The Labute approximate surface area is 164 Å². The van der Waals surface area contributed by atoms with Crippen molar-refractivity contribution < 1.29 is 17.9 Å². The lowest BCUT2D eigenvalue weighted by atomic mass is 10.1. The molecule has 0 aliphatic rings. The van der Waals surface area contributed by atoms with Crippen molar-refractivity contribution in [1.29, 1.82) is 0 Å². The van der Waals surface area contributed by atoms with Gasteiger partial charge in [-0.1, -0.05) is 30.3 Å². The molecule has 0 radical (unpaired) electrons. The number of amides is 1. The lowest BCUT2D eigenvalue weighted by Gasteiger charge is -2.11. The standard InChI is InChI=1S/C21H20N2O4S/c1-15-11-12-19(27-2)20(22-15)23-21(24)17-8-6-7-16(13-17)14-28(25,26)18-9-4-3-5-10-18/h3-13H,14H2,1-2H3,(H,22,23,24). The average molecular weight is 396 g/mol. The number of benzene rings is 2. The molecule has 7 heteroatoms. The largest absolute Gasteiger partial charge is 0.493 e. The Bertz CT molecular complexity index is 1100. The molecule has 28 heavy (non-hydrogen) atoms. The topological polar surface area (TPSA) is 85.4 Å². The molecule has 0 aliphatic carbocycles. The summed E-state index contributed by atoms with van der Waals surface area (Å²) in [5, 5.41) is 2.72. The molecule has 3 aromatic rings. The number of aryl methyl sites for hydroxylation is 1. The zero-order chi connectivity index (χ0) is 20.1. The monoisotopic (exact) mass is 396 g/mol. The summed E-state index contributed by atoms with van der Waals surface area (Å²) in [5.74, 6) is 0.177. The van der Waals surface area contributed by atoms with Crippen LogP contribution in [-0.2, 0) is 15.6 Å². The summed E-state index contributed by atoms with van der Waals surface area (Å²) in [6, 6.07) is 18.3. The van der Waals surface area contributed by atoms with Crippen molar-refractivity contribution in [3.63, 3.8) is 0 Å². The molecule has 0 bridgehead atoms. The van der Waals surface area contributed by atoms with Gasteiger partial charge in [0.2, 0.25) is 0 Å². The van der Waals surface area contributed by atoms with Crippen LogP contribution in [0.5, 0.6) is 5.75 Å². The molecule has 1 N–H and O–H groups in total. The van der Waals surface area contributed by atoms with Crippen LogP contribution < -0.4 is 10.1 Å². The van der Waals surface area contributed by atoms with Gasteiger partial charge in [-0.2, -0.15) is 0 Å². The number of nitrogens with one attached hydrogen (secondary N) is 1. The van der Waals surface area contributed by atoms with Gasteiger partial charge in [-0.3, -0.25) is 4.79 Å². The van der Waals surface area contributed by atoms with Gasteiger partial charge in [-0.25, -0.2) is 13.4 Å². The zero-order valence-electron chi connectivity index (χ0n) is 15.5. The Kier molecular flexibility index (Phi) is 5.75. The number of aromatic nitrogens is 1. The number of hydrogen-bond donors (Lipinski definition) is 1. The number of hydrogen-bond acceptors (Lipinski definition) is 5. The van der Waals surface area contributed by atoms with E-state index in [1.165, 1.54) is 7.11 Å². The second kappa shape index (κ2) is 8.22. The van der Waals surface area contributed by atoms with E-state index in [-0.39, 0.29) is 10.6 Å². The Morgan fingerprint density at radius 3 is 2.50 bits per heavy atom. The Morgan fingerprint density at radius 1 is 1.04 bits per heavy atom. The fourth-order valence-electron chi connectivity index (χ4n) is 2.71. The van der Waals surface area contributed by atoms with Crippen LogP contribution in [0, 0.1) is 6.92 Å². The molecule has 0 atom stereocenters. The van der Waals surface area contributed by atoms with Crippen LogP contribution >= 0.6 is 0 Å². The van der Waals surface area contributed by atoms with Gasteiger partial charge in [-0.05, 0) is 48.9 Å². The number of carbonyl (C=O) groups is 1. The minimum Gasteiger partial charge on any atom is -0.493 e. The summed E-state index contributed by atoms with van der Waals surface area (Å²) >= 11 is 0. The van der Waals surface area contributed by atoms with Crippen molar-refractivity contribution >= 4 is 21.6 Å². The summed E-state index contributed by atoms with van der Waals surface area (Å²) in [6.07, 6.45) is 0. The lowest BCUT2D eigenvalue weighted by molar-refractivity contribution is 0.102. The smallest absolute Gasteiger partial charge is 0.256 e. The fraction of sp³-hybridized carbons (Fsp3) is 0.143. The van der Waals surface area contributed by atoms with Gasteiger partial charge in [0.05, 0.1) is 17.8 Å². The van der Waals surface area contributed by atoms with Gasteiger partial charge in [0.15, 0.2) is 21.4 Å². The van der Waals surface area contributed by atoms with E-state index < -0.39 is 15.7 Å². The predicted molar refractivity (Wildman–Crippen MR) is 107 cm³/mol. The van der Waals surface area contributed by atoms with Gasteiger partial charge in [0.25, 0.3) is 5.91 Å². The number of sulfone groups is 1. The molecule has 2 aromatic carbocycles. The van der Waals surface area contributed by atoms with Gasteiger partial charge in [0.1, 0.15) is 0 Å². The molecular weight excluding hydrogens is 376 g/mol. The second-order valence-electron chi connectivity index (χ2n) is 6.23. The highest BCUT2D eigenvalue weighted by atomic mass is 32.2. The first kappa shape index (κ1) is 19.6.